The maximum Gasteiger partial charge on any atom is 0.228 e. The molecule has 0 spiro atoms. The van der Waals surface area contributed by atoms with E-state index in [-0.39, 0.29) is 11.9 Å². The van der Waals surface area contributed by atoms with Crippen LogP contribution in [-0.4, -0.2) is 42.6 Å². The fraction of sp³-hybridized carbons (Fsp3) is 0.353. The molecule has 0 unspecified atom stereocenters. The molecule has 6 heteroatoms. The van der Waals surface area contributed by atoms with Crippen molar-refractivity contribution in [3.05, 3.63) is 54.7 Å². The van der Waals surface area contributed by atoms with E-state index in [9.17, 15) is 4.79 Å². The number of hydrogen-bond acceptors (Lipinski definition) is 3. The van der Waals surface area contributed by atoms with E-state index >= 15 is 0 Å². The molecule has 3 aromatic heterocycles. The molecule has 0 bridgehead atoms. The van der Waals surface area contributed by atoms with Gasteiger partial charge in [0.15, 0.2) is 0 Å². The predicted octanol–water partition coefficient (Wildman–Crippen LogP) is 1.76. The molecule has 3 aromatic rings. The van der Waals surface area contributed by atoms with Gasteiger partial charge in [0.2, 0.25) is 5.91 Å². The number of amides is 1. The quantitative estimate of drug-likeness (QED) is 0.738. The van der Waals surface area contributed by atoms with Crippen LogP contribution in [0.25, 0.3) is 5.65 Å². The minimum Gasteiger partial charge on any atom is -0.338 e. The van der Waals surface area contributed by atoms with Gasteiger partial charge in [-0.25, -0.2) is 4.98 Å². The third kappa shape index (κ3) is 2.84. The Morgan fingerprint density at radius 2 is 2.22 bits per heavy atom. The van der Waals surface area contributed by atoms with Crippen molar-refractivity contribution in [1.29, 1.82) is 0 Å². The molecule has 118 valence electrons. The summed E-state index contributed by atoms with van der Waals surface area (Å²) < 4.78 is 3.86. The van der Waals surface area contributed by atoms with E-state index in [1.807, 2.05) is 56.8 Å². The number of imidazole rings is 1. The first-order valence-corrected chi connectivity index (χ1v) is 7.99. The lowest BCUT2D eigenvalue weighted by atomic mass is 10.2. The molecule has 6 nitrogen and oxygen atoms in total. The molecule has 0 radical (unpaired) electrons. The third-order valence-corrected chi connectivity index (χ3v) is 4.40. The SMILES string of the molecule is O=C(Cc1cn2ccccc2n1)N1CCC[C@@H]1Cn1cccn1. The van der Waals surface area contributed by atoms with Gasteiger partial charge in [-0.15, -0.1) is 0 Å². The van der Waals surface area contributed by atoms with Gasteiger partial charge in [0.25, 0.3) is 0 Å². The van der Waals surface area contributed by atoms with Crippen LogP contribution in [0.1, 0.15) is 18.5 Å². The van der Waals surface area contributed by atoms with Gasteiger partial charge in [-0.3, -0.25) is 9.48 Å². The van der Waals surface area contributed by atoms with Gasteiger partial charge in [0.1, 0.15) is 5.65 Å². The summed E-state index contributed by atoms with van der Waals surface area (Å²) in [6.07, 6.45) is 10.1. The molecule has 1 saturated heterocycles. The second-order valence-corrected chi connectivity index (χ2v) is 5.99. The van der Waals surface area contributed by atoms with Crippen LogP contribution >= 0.6 is 0 Å². The molecule has 1 amide bonds. The molecule has 0 N–H and O–H groups in total. The Morgan fingerprint density at radius 3 is 3.04 bits per heavy atom. The third-order valence-electron chi connectivity index (χ3n) is 4.40. The molecule has 23 heavy (non-hydrogen) atoms. The zero-order chi connectivity index (χ0) is 15.6. The number of carbonyl (C=O) groups excluding carboxylic acids is 1. The average Bonchev–Trinajstić information content (AvgIpc) is 3.27. The molecule has 1 aliphatic heterocycles. The number of carbonyl (C=O) groups is 1. The first-order chi connectivity index (χ1) is 11.3. The Balaban J connectivity index is 1.47. The van der Waals surface area contributed by atoms with E-state index in [2.05, 4.69) is 10.1 Å². The molecule has 0 aliphatic carbocycles. The second-order valence-electron chi connectivity index (χ2n) is 5.99. The lowest BCUT2D eigenvalue weighted by Gasteiger charge is -2.24. The van der Waals surface area contributed by atoms with E-state index in [1.54, 1.807) is 6.20 Å². The number of aromatic nitrogens is 4. The highest BCUT2D eigenvalue weighted by atomic mass is 16.2. The maximum atomic E-state index is 12.7. The first-order valence-electron chi connectivity index (χ1n) is 7.99. The molecule has 1 fully saturated rings. The molecular formula is C17H19N5O. The highest BCUT2D eigenvalue weighted by Crippen LogP contribution is 2.20. The zero-order valence-corrected chi connectivity index (χ0v) is 12.9. The van der Waals surface area contributed by atoms with Crippen LogP contribution in [0.4, 0.5) is 0 Å². The summed E-state index contributed by atoms with van der Waals surface area (Å²) in [5.74, 6) is 0.156. The lowest BCUT2D eigenvalue weighted by molar-refractivity contribution is -0.131. The van der Waals surface area contributed by atoms with Crippen molar-refractivity contribution in [1.82, 2.24) is 24.1 Å². The van der Waals surface area contributed by atoms with Crippen LogP contribution in [0, 0.1) is 0 Å². The van der Waals surface area contributed by atoms with Gasteiger partial charge in [0.05, 0.1) is 24.7 Å². The summed E-state index contributed by atoms with van der Waals surface area (Å²) in [6, 6.07) is 8.01. The maximum absolute atomic E-state index is 12.7. The van der Waals surface area contributed by atoms with E-state index in [0.29, 0.717) is 6.42 Å². The van der Waals surface area contributed by atoms with Crippen molar-refractivity contribution < 1.29 is 4.79 Å². The van der Waals surface area contributed by atoms with Crippen molar-refractivity contribution in [2.75, 3.05) is 6.54 Å². The molecular weight excluding hydrogens is 290 g/mol. The Labute approximate surface area is 134 Å². The molecule has 4 rings (SSSR count). The number of rotatable bonds is 4. The van der Waals surface area contributed by atoms with Gasteiger partial charge in [-0.1, -0.05) is 6.07 Å². The van der Waals surface area contributed by atoms with Crippen molar-refractivity contribution in [3.63, 3.8) is 0 Å². The number of likely N-dealkylation sites (tertiary alicyclic amines) is 1. The fourth-order valence-electron chi connectivity index (χ4n) is 3.31. The topological polar surface area (TPSA) is 55.4 Å². The summed E-state index contributed by atoms with van der Waals surface area (Å²) in [5.41, 5.74) is 1.70. The van der Waals surface area contributed by atoms with Crippen molar-refractivity contribution in [2.24, 2.45) is 0 Å². The summed E-state index contributed by atoms with van der Waals surface area (Å²) in [7, 11) is 0. The first kappa shape index (κ1) is 14.0. The zero-order valence-electron chi connectivity index (χ0n) is 12.9. The van der Waals surface area contributed by atoms with Crippen molar-refractivity contribution in [3.8, 4) is 0 Å². The predicted molar refractivity (Wildman–Crippen MR) is 85.9 cm³/mol. The number of nitrogens with zero attached hydrogens (tertiary/aromatic N) is 5. The van der Waals surface area contributed by atoms with Crippen LogP contribution in [-0.2, 0) is 17.8 Å². The number of fused-ring (bicyclic) bond motifs is 1. The highest BCUT2D eigenvalue weighted by Gasteiger charge is 2.29. The molecule has 0 aromatic carbocycles. The standard InChI is InChI=1S/C17H19N5O/c23-17(11-14-12-20-8-2-1-6-16(20)19-14)22-10-3-5-15(22)13-21-9-4-7-18-21/h1-2,4,6-9,12,15H,3,5,10-11,13H2/t15-/m1/s1. The summed E-state index contributed by atoms with van der Waals surface area (Å²) in [4.78, 5) is 19.2. The smallest absolute Gasteiger partial charge is 0.228 e. The minimum atomic E-state index is 0.156. The van der Waals surface area contributed by atoms with Gasteiger partial charge in [-0.05, 0) is 31.0 Å². The lowest BCUT2D eigenvalue weighted by Crippen LogP contribution is -2.39. The van der Waals surface area contributed by atoms with E-state index in [4.69, 9.17) is 0 Å². The normalized spacial score (nSPS) is 17.9. The summed E-state index contributed by atoms with van der Waals surface area (Å²) in [6.45, 7) is 1.60. The molecule has 1 atom stereocenters. The van der Waals surface area contributed by atoms with E-state index < -0.39 is 0 Å². The van der Waals surface area contributed by atoms with Crippen LogP contribution in [0.5, 0.6) is 0 Å². The molecule has 0 saturated carbocycles. The summed E-state index contributed by atoms with van der Waals surface area (Å²) in [5, 5.41) is 4.25. The monoisotopic (exact) mass is 309 g/mol. The van der Waals surface area contributed by atoms with Gasteiger partial charge in [-0.2, -0.15) is 5.10 Å². The Morgan fingerprint density at radius 1 is 1.26 bits per heavy atom. The molecule has 4 heterocycles. The van der Waals surface area contributed by atoms with Gasteiger partial charge in [0, 0.05) is 31.3 Å². The fourth-order valence-corrected chi connectivity index (χ4v) is 3.31. The van der Waals surface area contributed by atoms with Crippen molar-refractivity contribution in [2.45, 2.75) is 31.8 Å². The molecule has 1 aliphatic rings. The number of hydrogen-bond donors (Lipinski definition) is 0. The van der Waals surface area contributed by atoms with Crippen LogP contribution in [0.2, 0.25) is 0 Å². The Hall–Kier alpha value is -2.63. The summed E-state index contributed by atoms with van der Waals surface area (Å²) >= 11 is 0. The van der Waals surface area contributed by atoms with E-state index in [1.165, 1.54) is 0 Å². The highest BCUT2D eigenvalue weighted by molar-refractivity contribution is 5.79. The Kier molecular flexibility index (Phi) is 3.57. The van der Waals surface area contributed by atoms with Gasteiger partial charge < -0.3 is 9.30 Å². The average molecular weight is 309 g/mol. The van der Waals surface area contributed by atoms with Crippen molar-refractivity contribution >= 4 is 11.6 Å². The largest absolute Gasteiger partial charge is 0.338 e. The minimum absolute atomic E-state index is 0.156. The number of pyridine rings is 1. The van der Waals surface area contributed by atoms with E-state index in [0.717, 1.165) is 37.3 Å². The Bertz CT molecular complexity index is 774. The van der Waals surface area contributed by atoms with Crippen LogP contribution in [0.3, 0.4) is 0 Å². The second kappa shape index (κ2) is 5.87. The van der Waals surface area contributed by atoms with Gasteiger partial charge >= 0.3 is 0 Å². The van der Waals surface area contributed by atoms with Crippen LogP contribution in [0.15, 0.2) is 49.1 Å². The van der Waals surface area contributed by atoms with Crippen LogP contribution < -0.4 is 0 Å².